The molecule has 0 aliphatic carbocycles. The monoisotopic (exact) mass is 390 g/mol. The molecule has 2 fully saturated rings. The quantitative estimate of drug-likeness (QED) is 0.843. The van der Waals surface area contributed by atoms with Gasteiger partial charge in [0.2, 0.25) is 5.91 Å². The van der Waals surface area contributed by atoms with Crippen molar-refractivity contribution in [2.24, 2.45) is 13.0 Å². The van der Waals surface area contributed by atoms with E-state index < -0.39 is 0 Å². The average molecular weight is 391 g/mol. The predicted molar refractivity (Wildman–Crippen MR) is 109 cm³/mol. The molecule has 2 aromatic rings. The first-order chi connectivity index (χ1) is 12.5. The largest absolute Gasteiger partial charge is 0.320 e. The molecule has 4 rings (SSSR count). The SMILES string of the molecule is Cc1c(NC(=O)CC2CC3CCC(C2)N3)c(=O)n(-c2ccccc2)n1C.Cl. The summed E-state index contributed by atoms with van der Waals surface area (Å²) in [5.41, 5.74) is 1.75. The van der Waals surface area contributed by atoms with Crippen molar-refractivity contribution in [1.82, 2.24) is 14.7 Å². The van der Waals surface area contributed by atoms with Crippen LogP contribution in [0.2, 0.25) is 0 Å². The van der Waals surface area contributed by atoms with E-state index in [-0.39, 0.29) is 23.9 Å². The van der Waals surface area contributed by atoms with E-state index in [1.54, 1.807) is 9.36 Å². The Hall–Kier alpha value is -2.05. The molecule has 2 atom stereocenters. The van der Waals surface area contributed by atoms with Gasteiger partial charge in [-0.15, -0.1) is 12.4 Å². The van der Waals surface area contributed by atoms with E-state index in [9.17, 15) is 9.59 Å². The first kappa shape index (κ1) is 19.7. The van der Waals surface area contributed by atoms with Crippen molar-refractivity contribution < 1.29 is 4.79 Å². The fourth-order valence-electron chi connectivity index (χ4n) is 4.51. The number of nitrogens with zero attached hydrogens (tertiary/aromatic N) is 2. The summed E-state index contributed by atoms with van der Waals surface area (Å²) < 4.78 is 3.38. The van der Waals surface area contributed by atoms with E-state index in [1.165, 1.54) is 12.8 Å². The molecule has 1 amide bonds. The van der Waals surface area contributed by atoms with Gasteiger partial charge in [-0.3, -0.25) is 14.3 Å². The highest BCUT2D eigenvalue weighted by Crippen LogP contribution is 2.32. The summed E-state index contributed by atoms with van der Waals surface area (Å²) in [6.45, 7) is 1.86. The first-order valence-corrected chi connectivity index (χ1v) is 9.43. The van der Waals surface area contributed by atoms with Crippen LogP contribution < -0.4 is 16.2 Å². The van der Waals surface area contributed by atoms with E-state index in [2.05, 4.69) is 10.6 Å². The molecule has 1 aromatic carbocycles. The van der Waals surface area contributed by atoms with Gasteiger partial charge in [-0.1, -0.05) is 18.2 Å². The summed E-state index contributed by atoms with van der Waals surface area (Å²) in [7, 11) is 1.84. The van der Waals surface area contributed by atoms with E-state index in [0.717, 1.165) is 24.2 Å². The molecule has 2 N–H and O–H groups in total. The van der Waals surface area contributed by atoms with Crippen LogP contribution >= 0.6 is 12.4 Å². The number of hydrogen-bond donors (Lipinski definition) is 2. The molecule has 3 heterocycles. The van der Waals surface area contributed by atoms with Crippen LogP contribution in [-0.4, -0.2) is 27.4 Å². The molecule has 6 nitrogen and oxygen atoms in total. The minimum Gasteiger partial charge on any atom is -0.320 e. The van der Waals surface area contributed by atoms with Crippen molar-refractivity contribution in [3.63, 3.8) is 0 Å². The van der Waals surface area contributed by atoms with Crippen LogP contribution in [0.25, 0.3) is 5.69 Å². The van der Waals surface area contributed by atoms with Crippen molar-refractivity contribution in [1.29, 1.82) is 0 Å². The van der Waals surface area contributed by atoms with Gasteiger partial charge in [0.05, 0.1) is 11.4 Å². The maximum absolute atomic E-state index is 12.9. The summed E-state index contributed by atoms with van der Waals surface area (Å²) in [6.07, 6.45) is 5.07. The number of carbonyl (C=O) groups excluding carboxylic acids is 1. The zero-order valence-corrected chi connectivity index (χ0v) is 16.6. The summed E-state index contributed by atoms with van der Waals surface area (Å²) >= 11 is 0. The van der Waals surface area contributed by atoms with Gasteiger partial charge in [-0.05, 0) is 50.7 Å². The molecule has 146 valence electrons. The molecular weight excluding hydrogens is 364 g/mol. The highest BCUT2D eigenvalue weighted by atomic mass is 35.5. The number of amides is 1. The second-order valence-electron chi connectivity index (χ2n) is 7.66. The lowest BCUT2D eigenvalue weighted by Gasteiger charge is -2.28. The van der Waals surface area contributed by atoms with Crippen LogP contribution in [0, 0.1) is 12.8 Å². The number of hydrogen-bond acceptors (Lipinski definition) is 3. The molecule has 2 unspecified atom stereocenters. The highest BCUT2D eigenvalue weighted by Gasteiger charge is 2.34. The fraction of sp³-hybridized carbons (Fsp3) is 0.500. The van der Waals surface area contributed by atoms with E-state index in [4.69, 9.17) is 0 Å². The van der Waals surface area contributed by atoms with Crippen LogP contribution in [0.4, 0.5) is 5.69 Å². The molecule has 2 saturated heterocycles. The standard InChI is InChI=1S/C20H26N4O2.ClH/c1-13-19(20(26)24(23(13)2)17-6-4-3-5-7-17)22-18(25)12-14-10-15-8-9-16(11-14)21-15;/h3-7,14-16,21H,8-12H2,1-2H3,(H,22,25);1H. The molecule has 2 aliphatic heterocycles. The minimum atomic E-state index is -0.185. The van der Waals surface area contributed by atoms with Crippen molar-refractivity contribution in [3.05, 3.63) is 46.4 Å². The number of carbonyl (C=O) groups is 1. The average Bonchev–Trinajstić information content (AvgIpc) is 3.07. The number of rotatable bonds is 4. The Bertz CT molecular complexity index is 862. The van der Waals surface area contributed by atoms with Gasteiger partial charge >= 0.3 is 0 Å². The van der Waals surface area contributed by atoms with Crippen LogP contribution in [0.1, 0.15) is 37.8 Å². The van der Waals surface area contributed by atoms with Crippen LogP contribution in [0.5, 0.6) is 0 Å². The molecule has 2 bridgehead atoms. The molecular formula is C20H27ClN4O2. The lowest BCUT2D eigenvalue weighted by Crippen LogP contribution is -2.39. The number of anilines is 1. The van der Waals surface area contributed by atoms with Crippen molar-refractivity contribution in [2.45, 2.75) is 51.1 Å². The van der Waals surface area contributed by atoms with Crippen LogP contribution in [0.15, 0.2) is 35.1 Å². The van der Waals surface area contributed by atoms with E-state index in [0.29, 0.717) is 30.1 Å². The fourth-order valence-corrected chi connectivity index (χ4v) is 4.51. The Kier molecular flexibility index (Phi) is 5.77. The summed E-state index contributed by atoms with van der Waals surface area (Å²) in [4.78, 5) is 25.5. The highest BCUT2D eigenvalue weighted by molar-refractivity contribution is 5.91. The summed E-state index contributed by atoms with van der Waals surface area (Å²) in [6, 6.07) is 10.6. The molecule has 1 aromatic heterocycles. The topological polar surface area (TPSA) is 68.1 Å². The Morgan fingerprint density at radius 2 is 1.81 bits per heavy atom. The van der Waals surface area contributed by atoms with Crippen LogP contribution in [0.3, 0.4) is 0 Å². The van der Waals surface area contributed by atoms with Gasteiger partial charge in [-0.2, -0.15) is 0 Å². The Labute approximate surface area is 165 Å². The van der Waals surface area contributed by atoms with E-state index in [1.807, 2.05) is 44.3 Å². The Morgan fingerprint density at radius 1 is 1.19 bits per heavy atom. The van der Waals surface area contributed by atoms with Gasteiger partial charge in [-0.25, -0.2) is 4.68 Å². The maximum Gasteiger partial charge on any atom is 0.295 e. The molecule has 7 heteroatoms. The smallest absolute Gasteiger partial charge is 0.295 e. The van der Waals surface area contributed by atoms with Gasteiger partial charge in [0, 0.05) is 25.6 Å². The Morgan fingerprint density at radius 3 is 2.44 bits per heavy atom. The molecule has 0 saturated carbocycles. The molecule has 0 spiro atoms. The molecule has 0 radical (unpaired) electrons. The lowest BCUT2D eigenvalue weighted by molar-refractivity contribution is -0.117. The zero-order valence-electron chi connectivity index (χ0n) is 15.8. The lowest BCUT2D eigenvalue weighted by atomic mass is 9.89. The normalized spacial score (nSPS) is 23.7. The number of nitrogens with one attached hydrogen (secondary N) is 2. The first-order valence-electron chi connectivity index (χ1n) is 9.43. The second kappa shape index (κ2) is 7.90. The summed E-state index contributed by atoms with van der Waals surface area (Å²) in [5.74, 6) is 0.358. The van der Waals surface area contributed by atoms with Gasteiger partial charge in [0.25, 0.3) is 5.56 Å². The van der Waals surface area contributed by atoms with Crippen molar-refractivity contribution in [2.75, 3.05) is 5.32 Å². The van der Waals surface area contributed by atoms with E-state index >= 15 is 0 Å². The summed E-state index contributed by atoms with van der Waals surface area (Å²) in [5, 5.41) is 6.50. The number of piperidine rings is 1. The van der Waals surface area contributed by atoms with Gasteiger partial charge in [0.1, 0.15) is 5.69 Å². The van der Waals surface area contributed by atoms with Crippen molar-refractivity contribution >= 4 is 24.0 Å². The number of halogens is 1. The van der Waals surface area contributed by atoms with Crippen LogP contribution in [-0.2, 0) is 11.8 Å². The minimum absolute atomic E-state index is 0. The number of para-hydroxylation sites is 1. The zero-order chi connectivity index (χ0) is 18.3. The van der Waals surface area contributed by atoms with Gasteiger partial charge in [0.15, 0.2) is 0 Å². The third kappa shape index (κ3) is 3.82. The number of aromatic nitrogens is 2. The second-order valence-corrected chi connectivity index (χ2v) is 7.66. The third-order valence-corrected chi connectivity index (χ3v) is 5.86. The molecule has 27 heavy (non-hydrogen) atoms. The third-order valence-electron chi connectivity index (χ3n) is 5.86. The van der Waals surface area contributed by atoms with Crippen molar-refractivity contribution in [3.8, 4) is 5.69 Å². The maximum atomic E-state index is 12.9. The number of benzene rings is 1. The van der Waals surface area contributed by atoms with Gasteiger partial charge < -0.3 is 10.6 Å². The Balaban J connectivity index is 0.00000210. The molecule has 2 aliphatic rings. The predicted octanol–water partition coefficient (Wildman–Crippen LogP) is 2.77. The number of fused-ring (bicyclic) bond motifs is 2.